The molecule has 1 atom stereocenters. The van der Waals surface area contributed by atoms with Gasteiger partial charge in [0.15, 0.2) is 0 Å². The standard InChI is InChI=1S/C23H26N4O/c1-17(2)23-24-13-15-27(23)21-12-6-10-19(25-21)20-11-7-14-26(20)22(28)16-18-8-4-3-5-9-18/h3-6,8-10,12-13,15,17,20H,7,11,14,16H2,1-2H3/t20-/m1/s1. The summed E-state index contributed by atoms with van der Waals surface area (Å²) >= 11 is 0. The smallest absolute Gasteiger partial charge is 0.227 e. The number of benzene rings is 1. The van der Waals surface area contributed by atoms with Crippen molar-refractivity contribution >= 4 is 5.91 Å². The van der Waals surface area contributed by atoms with Gasteiger partial charge in [-0.3, -0.25) is 9.36 Å². The second kappa shape index (κ2) is 7.97. The molecule has 0 N–H and O–H groups in total. The van der Waals surface area contributed by atoms with Crippen LogP contribution in [0.2, 0.25) is 0 Å². The average molecular weight is 374 g/mol. The van der Waals surface area contributed by atoms with Crippen LogP contribution < -0.4 is 0 Å². The molecule has 3 aromatic rings. The molecule has 0 spiro atoms. The highest BCUT2D eigenvalue weighted by atomic mass is 16.2. The molecule has 28 heavy (non-hydrogen) atoms. The van der Waals surface area contributed by atoms with E-state index in [0.29, 0.717) is 12.3 Å². The first kappa shape index (κ1) is 18.4. The summed E-state index contributed by atoms with van der Waals surface area (Å²) < 4.78 is 2.04. The Morgan fingerprint density at radius 2 is 1.96 bits per heavy atom. The van der Waals surface area contributed by atoms with Gasteiger partial charge in [-0.15, -0.1) is 0 Å². The van der Waals surface area contributed by atoms with Crippen LogP contribution in [0.3, 0.4) is 0 Å². The van der Waals surface area contributed by atoms with Crippen molar-refractivity contribution in [1.82, 2.24) is 19.4 Å². The second-order valence-electron chi connectivity index (χ2n) is 7.64. The number of nitrogens with zero attached hydrogens (tertiary/aromatic N) is 4. The van der Waals surface area contributed by atoms with E-state index in [4.69, 9.17) is 4.98 Å². The number of aromatic nitrogens is 3. The molecule has 5 nitrogen and oxygen atoms in total. The highest BCUT2D eigenvalue weighted by Crippen LogP contribution is 2.32. The van der Waals surface area contributed by atoms with Gasteiger partial charge in [-0.25, -0.2) is 9.97 Å². The zero-order valence-electron chi connectivity index (χ0n) is 16.5. The zero-order valence-corrected chi connectivity index (χ0v) is 16.5. The Kier molecular flexibility index (Phi) is 5.24. The van der Waals surface area contributed by atoms with Crippen molar-refractivity contribution in [3.8, 4) is 5.82 Å². The lowest BCUT2D eigenvalue weighted by Gasteiger charge is -2.25. The van der Waals surface area contributed by atoms with Gasteiger partial charge in [0.2, 0.25) is 5.91 Å². The maximum absolute atomic E-state index is 12.9. The van der Waals surface area contributed by atoms with E-state index in [1.807, 2.05) is 70.4 Å². The monoisotopic (exact) mass is 374 g/mol. The van der Waals surface area contributed by atoms with Crippen LogP contribution in [-0.4, -0.2) is 31.9 Å². The fraction of sp³-hybridized carbons (Fsp3) is 0.348. The van der Waals surface area contributed by atoms with Crippen molar-refractivity contribution in [2.45, 2.75) is 45.1 Å². The molecule has 0 radical (unpaired) electrons. The zero-order chi connectivity index (χ0) is 19.5. The van der Waals surface area contributed by atoms with E-state index in [9.17, 15) is 4.79 Å². The quantitative estimate of drug-likeness (QED) is 0.669. The SMILES string of the molecule is CC(C)c1nccn1-c1cccc([C@H]2CCCN2C(=O)Cc2ccccc2)n1. The van der Waals surface area contributed by atoms with E-state index in [1.54, 1.807) is 0 Å². The van der Waals surface area contributed by atoms with E-state index < -0.39 is 0 Å². The molecule has 1 amide bonds. The topological polar surface area (TPSA) is 51.0 Å². The third-order valence-corrected chi connectivity index (χ3v) is 5.30. The minimum Gasteiger partial charge on any atom is -0.334 e. The van der Waals surface area contributed by atoms with Crippen LogP contribution in [0, 0.1) is 0 Å². The summed E-state index contributed by atoms with van der Waals surface area (Å²) in [5.41, 5.74) is 2.01. The number of carbonyl (C=O) groups excluding carboxylic acids is 1. The molecule has 5 heteroatoms. The van der Waals surface area contributed by atoms with Gasteiger partial charge in [-0.1, -0.05) is 50.2 Å². The van der Waals surface area contributed by atoms with Gasteiger partial charge in [0, 0.05) is 24.9 Å². The summed E-state index contributed by atoms with van der Waals surface area (Å²) in [5.74, 6) is 2.34. The number of hydrogen-bond acceptors (Lipinski definition) is 3. The van der Waals surface area contributed by atoms with Gasteiger partial charge in [-0.05, 0) is 30.5 Å². The Morgan fingerprint density at radius 3 is 2.75 bits per heavy atom. The predicted octanol–water partition coefficient (Wildman–Crippen LogP) is 4.30. The largest absolute Gasteiger partial charge is 0.334 e. The molecule has 3 heterocycles. The first-order valence-corrected chi connectivity index (χ1v) is 9.97. The lowest BCUT2D eigenvalue weighted by Crippen LogP contribution is -2.32. The number of pyridine rings is 1. The van der Waals surface area contributed by atoms with E-state index in [2.05, 4.69) is 18.8 Å². The maximum atomic E-state index is 12.9. The average Bonchev–Trinajstić information content (AvgIpc) is 3.39. The number of likely N-dealkylation sites (tertiary alicyclic amines) is 1. The highest BCUT2D eigenvalue weighted by Gasteiger charge is 2.31. The van der Waals surface area contributed by atoms with Crippen LogP contribution in [-0.2, 0) is 11.2 Å². The third kappa shape index (κ3) is 3.70. The van der Waals surface area contributed by atoms with Crippen molar-refractivity contribution in [3.05, 3.63) is 78.0 Å². The summed E-state index contributed by atoms with van der Waals surface area (Å²) in [4.78, 5) is 24.3. The Hall–Kier alpha value is -2.95. The molecule has 4 rings (SSSR count). The van der Waals surface area contributed by atoms with Crippen molar-refractivity contribution in [2.24, 2.45) is 0 Å². The molecule has 1 aromatic carbocycles. The minimum absolute atomic E-state index is 0.0437. The molecule has 2 aromatic heterocycles. The first-order valence-electron chi connectivity index (χ1n) is 9.97. The molecular weight excluding hydrogens is 348 g/mol. The van der Waals surface area contributed by atoms with Crippen LogP contribution in [0.1, 0.15) is 55.7 Å². The Morgan fingerprint density at radius 1 is 1.14 bits per heavy atom. The summed E-state index contributed by atoms with van der Waals surface area (Å²) in [6.07, 6.45) is 6.18. The van der Waals surface area contributed by atoms with Crippen LogP contribution >= 0.6 is 0 Å². The lowest BCUT2D eigenvalue weighted by atomic mass is 10.1. The number of imidazole rings is 1. The van der Waals surface area contributed by atoms with E-state index in [0.717, 1.165) is 42.3 Å². The predicted molar refractivity (Wildman–Crippen MR) is 109 cm³/mol. The third-order valence-electron chi connectivity index (χ3n) is 5.30. The van der Waals surface area contributed by atoms with Crippen molar-refractivity contribution in [3.63, 3.8) is 0 Å². The molecule has 0 unspecified atom stereocenters. The second-order valence-corrected chi connectivity index (χ2v) is 7.64. The highest BCUT2D eigenvalue weighted by molar-refractivity contribution is 5.79. The van der Waals surface area contributed by atoms with Crippen LogP contribution in [0.15, 0.2) is 60.9 Å². The van der Waals surface area contributed by atoms with Crippen LogP contribution in [0.25, 0.3) is 5.82 Å². The van der Waals surface area contributed by atoms with Crippen molar-refractivity contribution in [2.75, 3.05) is 6.54 Å². The van der Waals surface area contributed by atoms with Crippen LogP contribution in [0.4, 0.5) is 0 Å². The maximum Gasteiger partial charge on any atom is 0.227 e. The molecule has 1 aliphatic rings. The number of carbonyl (C=O) groups is 1. The van der Waals surface area contributed by atoms with E-state index in [1.165, 1.54) is 0 Å². The Bertz CT molecular complexity index is 948. The molecule has 0 bridgehead atoms. The number of amides is 1. The van der Waals surface area contributed by atoms with Crippen LogP contribution in [0.5, 0.6) is 0 Å². The lowest BCUT2D eigenvalue weighted by molar-refractivity contribution is -0.131. The normalized spacial score (nSPS) is 16.7. The Balaban J connectivity index is 1.58. The van der Waals surface area contributed by atoms with E-state index >= 15 is 0 Å². The molecule has 144 valence electrons. The number of rotatable bonds is 5. The van der Waals surface area contributed by atoms with Gasteiger partial charge in [-0.2, -0.15) is 0 Å². The van der Waals surface area contributed by atoms with Crippen molar-refractivity contribution in [1.29, 1.82) is 0 Å². The van der Waals surface area contributed by atoms with Gasteiger partial charge in [0.1, 0.15) is 11.6 Å². The summed E-state index contributed by atoms with van der Waals surface area (Å²) in [6, 6.07) is 16.1. The van der Waals surface area contributed by atoms with E-state index in [-0.39, 0.29) is 11.9 Å². The number of hydrogen-bond donors (Lipinski definition) is 0. The van der Waals surface area contributed by atoms with Gasteiger partial charge in [0.05, 0.1) is 18.2 Å². The fourth-order valence-corrected chi connectivity index (χ4v) is 3.94. The molecule has 1 saturated heterocycles. The molecule has 1 aliphatic heterocycles. The first-order chi connectivity index (χ1) is 13.6. The molecular formula is C23H26N4O. The molecule has 1 fully saturated rings. The minimum atomic E-state index is 0.0437. The fourth-order valence-electron chi connectivity index (χ4n) is 3.94. The van der Waals surface area contributed by atoms with Gasteiger partial charge in [0.25, 0.3) is 0 Å². The van der Waals surface area contributed by atoms with Crippen molar-refractivity contribution < 1.29 is 4.79 Å². The summed E-state index contributed by atoms with van der Waals surface area (Å²) in [7, 11) is 0. The summed E-state index contributed by atoms with van der Waals surface area (Å²) in [5, 5.41) is 0. The molecule has 0 aliphatic carbocycles. The van der Waals surface area contributed by atoms with Gasteiger partial charge < -0.3 is 4.90 Å². The van der Waals surface area contributed by atoms with Gasteiger partial charge >= 0.3 is 0 Å². The summed E-state index contributed by atoms with van der Waals surface area (Å²) in [6.45, 7) is 5.05. The molecule has 0 saturated carbocycles. The Labute approximate surface area is 166 Å².